The Labute approximate surface area is 192 Å². The van der Waals surface area contributed by atoms with Crippen LogP contribution >= 0.6 is 0 Å². The first-order valence-corrected chi connectivity index (χ1v) is 12.8. The Hall–Kier alpha value is -2.34. The van der Waals surface area contributed by atoms with Crippen molar-refractivity contribution in [1.29, 1.82) is 0 Å². The van der Waals surface area contributed by atoms with E-state index < -0.39 is 21.4 Å². The second kappa shape index (κ2) is 8.22. The molecule has 0 radical (unpaired) electrons. The summed E-state index contributed by atoms with van der Waals surface area (Å²) in [6, 6.07) is 12.1. The highest BCUT2D eigenvalue weighted by molar-refractivity contribution is 7.92. The molecule has 0 aromatic heterocycles. The Kier molecular flexibility index (Phi) is 6.24. The lowest BCUT2D eigenvalue weighted by atomic mass is 9.63. The fourth-order valence-electron chi connectivity index (χ4n) is 4.89. The highest BCUT2D eigenvalue weighted by Gasteiger charge is 2.38. The van der Waals surface area contributed by atoms with Crippen molar-refractivity contribution in [2.75, 3.05) is 4.72 Å². The molecule has 2 aromatic carbocycles. The number of nitrogens with one attached hydrogen (secondary N) is 1. The molecule has 0 fully saturated rings. The van der Waals surface area contributed by atoms with E-state index in [2.05, 4.69) is 32.4 Å². The van der Waals surface area contributed by atoms with Gasteiger partial charge >= 0.3 is 5.97 Å². The Morgan fingerprint density at radius 1 is 0.938 bits per heavy atom. The molecule has 6 heteroatoms. The average Bonchev–Trinajstić information content (AvgIpc) is 2.73. The SMILES string of the molecule is CCC(CC)(C(=O)O)c1ccc(NS(=O)(=O)c2ccc3c(c2)C(C)(C)CCC3(C)C)cc1. The molecule has 1 aliphatic rings. The number of carbonyl (C=O) groups is 1. The van der Waals surface area contributed by atoms with Crippen LogP contribution in [0.4, 0.5) is 5.69 Å². The lowest BCUT2D eigenvalue weighted by Gasteiger charge is -2.42. The molecule has 0 amide bonds. The van der Waals surface area contributed by atoms with Crippen LogP contribution in [-0.2, 0) is 31.1 Å². The summed E-state index contributed by atoms with van der Waals surface area (Å²) in [6.45, 7) is 12.5. The Morgan fingerprint density at radius 3 is 1.97 bits per heavy atom. The van der Waals surface area contributed by atoms with Crippen molar-refractivity contribution in [3.63, 3.8) is 0 Å². The van der Waals surface area contributed by atoms with Gasteiger partial charge in [-0.3, -0.25) is 9.52 Å². The van der Waals surface area contributed by atoms with Crippen LogP contribution < -0.4 is 4.72 Å². The summed E-state index contributed by atoms with van der Waals surface area (Å²) in [5.41, 5.74) is 2.36. The van der Waals surface area contributed by atoms with Crippen LogP contribution in [0, 0.1) is 0 Å². The van der Waals surface area contributed by atoms with E-state index in [4.69, 9.17) is 0 Å². The van der Waals surface area contributed by atoms with E-state index in [-0.39, 0.29) is 15.7 Å². The first-order valence-electron chi connectivity index (χ1n) is 11.3. The highest BCUT2D eigenvalue weighted by Crippen LogP contribution is 2.46. The number of hydrogen-bond donors (Lipinski definition) is 2. The average molecular weight is 458 g/mol. The first-order chi connectivity index (χ1) is 14.8. The highest BCUT2D eigenvalue weighted by atomic mass is 32.2. The summed E-state index contributed by atoms with van der Waals surface area (Å²) in [5, 5.41) is 9.75. The standard InChI is InChI=1S/C26H35NO4S/c1-7-26(8-2,23(28)29)18-9-11-19(12-10-18)27-32(30,31)20-13-14-21-22(17-20)25(5,6)16-15-24(21,3)4/h9-14,17,27H,7-8,15-16H2,1-6H3,(H,28,29). The van der Waals surface area contributed by atoms with Gasteiger partial charge < -0.3 is 5.11 Å². The van der Waals surface area contributed by atoms with Gasteiger partial charge in [-0.2, -0.15) is 0 Å². The van der Waals surface area contributed by atoms with E-state index in [0.29, 0.717) is 24.1 Å². The minimum atomic E-state index is -3.78. The fourth-order valence-corrected chi connectivity index (χ4v) is 5.97. The van der Waals surface area contributed by atoms with Crippen LogP contribution in [0.5, 0.6) is 0 Å². The van der Waals surface area contributed by atoms with Gasteiger partial charge in [-0.1, -0.05) is 59.7 Å². The Morgan fingerprint density at radius 2 is 1.47 bits per heavy atom. The first kappa shape index (κ1) is 24.3. The molecular formula is C26H35NO4S. The molecule has 0 atom stereocenters. The van der Waals surface area contributed by atoms with Crippen molar-refractivity contribution in [1.82, 2.24) is 0 Å². The number of carboxylic acid groups (broad SMARTS) is 1. The lowest BCUT2D eigenvalue weighted by molar-refractivity contribution is -0.144. The molecule has 5 nitrogen and oxygen atoms in total. The van der Waals surface area contributed by atoms with Crippen LogP contribution in [0.2, 0.25) is 0 Å². The summed E-state index contributed by atoms with van der Waals surface area (Å²) in [7, 11) is -3.78. The second-order valence-corrected chi connectivity index (χ2v) is 11.9. The molecule has 0 saturated carbocycles. The summed E-state index contributed by atoms with van der Waals surface area (Å²) in [6.07, 6.45) is 3.00. The quantitative estimate of drug-likeness (QED) is 0.536. The van der Waals surface area contributed by atoms with Gasteiger partial charge in [0.1, 0.15) is 0 Å². The predicted octanol–water partition coefficient (Wildman–Crippen LogP) is 5.98. The minimum Gasteiger partial charge on any atom is -0.481 e. The zero-order valence-corrected chi connectivity index (χ0v) is 20.8. The van der Waals surface area contributed by atoms with Crippen LogP contribution in [0.3, 0.4) is 0 Å². The zero-order chi connectivity index (χ0) is 23.9. The van der Waals surface area contributed by atoms with Crippen LogP contribution in [0.25, 0.3) is 0 Å². The Balaban J connectivity index is 1.93. The Bertz CT molecular complexity index is 1110. The smallest absolute Gasteiger partial charge is 0.314 e. The zero-order valence-electron chi connectivity index (χ0n) is 20.0. The molecule has 0 unspecified atom stereocenters. The number of fused-ring (bicyclic) bond motifs is 1. The molecule has 3 rings (SSSR count). The number of rotatable bonds is 7. The second-order valence-electron chi connectivity index (χ2n) is 10.3. The molecular weight excluding hydrogens is 422 g/mol. The molecule has 0 aliphatic heterocycles. The number of aliphatic carboxylic acids is 1. The van der Waals surface area contributed by atoms with Crippen LogP contribution in [-0.4, -0.2) is 19.5 Å². The van der Waals surface area contributed by atoms with Gasteiger partial charge in [0.15, 0.2) is 0 Å². The minimum absolute atomic E-state index is 0.0194. The molecule has 32 heavy (non-hydrogen) atoms. The summed E-state index contributed by atoms with van der Waals surface area (Å²) < 4.78 is 29.0. The normalized spacial score (nSPS) is 17.4. The van der Waals surface area contributed by atoms with Crippen molar-refractivity contribution < 1.29 is 18.3 Å². The summed E-state index contributed by atoms with van der Waals surface area (Å²) in [5.74, 6) is -0.865. The van der Waals surface area contributed by atoms with Gasteiger partial charge in [0.25, 0.3) is 10.0 Å². The molecule has 0 heterocycles. The summed E-state index contributed by atoms with van der Waals surface area (Å²) in [4.78, 5) is 12.1. The van der Waals surface area contributed by atoms with Gasteiger partial charge in [-0.25, -0.2) is 8.42 Å². The van der Waals surface area contributed by atoms with E-state index in [1.807, 2.05) is 26.0 Å². The van der Waals surface area contributed by atoms with Crippen LogP contribution in [0.15, 0.2) is 47.4 Å². The fraction of sp³-hybridized carbons (Fsp3) is 0.500. The van der Waals surface area contributed by atoms with E-state index in [1.165, 1.54) is 5.56 Å². The van der Waals surface area contributed by atoms with Crippen molar-refractivity contribution in [3.05, 3.63) is 59.2 Å². The predicted molar refractivity (Wildman–Crippen MR) is 129 cm³/mol. The molecule has 174 valence electrons. The third-order valence-electron chi connectivity index (χ3n) is 7.44. The number of hydrogen-bond acceptors (Lipinski definition) is 3. The molecule has 0 saturated heterocycles. The largest absolute Gasteiger partial charge is 0.481 e. The van der Waals surface area contributed by atoms with Crippen molar-refractivity contribution in [2.45, 2.75) is 88.4 Å². The van der Waals surface area contributed by atoms with E-state index in [1.54, 1.807) is 30.3 Å². The number of sulfonamides is 1. The third kappa shape index (κ3) is 4.17. The lowest BCUT2D eigenvalue weighted by Crippen LogP contribution is -2.34. The maximum absolute atomic E-state index is 13.2. The summed E-state index contributed by atoms with van der Waals surface area (Å²) >= 11 is 0. The van der Waals surface area contributed by atoms with Gasteiger partial charge in [-0.05, 0) is 77.5 Å². The third-order valence-corrected chi connectivity index (χ3v) is 8.82. The van der Waals surface area contributed by atoms with Gasteiger partial charge in [-0.15, -0.1) is 0 Å². The molecule has 0 spiro atoms. The molecule has 1 aliphatic carbocycles. The molecule has 2 N–H and O–H groups in total. The topological polar surface area (TPSA) is 83.5 Å². The van der Waals surface area contributed by atoms with Gasteiger partial charge in [0.05, 0.1) is 10.3 Å². The van der Waals surface area contributed by atoms with Crippen LogP contribution in [0.1, 0.15) is 83.9 Å². The maximum Gasteiger partial charge on any atom is 0.314 e. The number of anilines is 1. The van der Waals surface area contributed by atoms with Crippen molar-refractivity contribution in [2.24, 2.45) is 0 Å². The van der Waals surface area contributed by atoms with E-state index in [0.717, 1.165) is 18.4 Å². The van der Waals surface area contributed by atoms with Gasteiger partial charge in [0.2, 0.25) is 0 Å². The molecule has 2 aromatic rings. The van der Waals surface area contributed by atoms with Crippen molar-refractivity contribution >= 4 is 21.7 Å². The number of carboxylic acids is 1. The number of benzene rings is 2. The monoisotopic (exact) mass is 457 g/mol. The van der Waals surface area contributed by atoms with Crippen molar-refractivity contribution in [3.8, 4) is 0 Å². The van der Waals surface area contributed by atoms with Gasteiger partial charge in [0, 0.05) is 5.69 Å². The van der Waals surface area contributed by atoms with E-state index in [9.17, 15) is 18.3 Å². The maximum atomic E-state index is 13.2. The molecule has 0 bridgehead atoms. The van der Waals surface area contributed by atoms with E-state index >= 15 is 0 Å².